The van der Waals surface area contributed by atoms with Gasteiger partial charge in [0.15, 0.2) is 0 Å². The first-order valence-electron chi connectivity index (χ1n) is 5.59. The van der Waals surface area contributed by atoms with Crippen LogP contribution < -0.4 is 10.1 Å². The quantitative estimate of drug-likeness (QED) is 0.899. The van der Waals surface area contributed by atoms with E-state index in [9.17, 15) is 8.78 Å². The topological polar surface area (TPSA) is 21.3 Å². The zero-order valence-electron chi connectivity index (χ0n) is 9.26. The van der Waals surface area contributed by atoms with Gasteiger partial charge in [0.05, 0.1) is 0 Å². The predicted molar refractivity (Wildman–Crippen MR) is 62.8 cm³/mol. The van der Waals surface area contributed by atoms with Crippen molar-refractivity contribution in [3.63, 3.8) is 0 Å². The molecule has 1 aliphatic rings. The highest BCUT2D eigenvalue weighted by molar-refractivity contribution is 6.30. The molecule has 1 fully saturated rings. The number of nitrogens with one attached hydrogen (secondary N) is 1. The second-order valence-corrected chi connectivity index (χ2v) is 4.63. The van der Waals surface area contributed by atoms with E-state index in [4.69, 9.17) is 11.6 Å². The Bertz CT molecular complexity index is 381. The van der Waals surface area contributed by atoms with Gasteiger partial charge in [0.25, 0.3) is 0 Å². The summed E-state index contributed by atoms with van der Waals surface area (Å²) in [7, 11) is 0. The smallest absolute Gasteiger partial charge is 0.387 e. The van der Waals surface area contributed by atoms with Crippen LogP contribution in [0.15, 0.2) is 18.2 Å². The average molecular weight is 262 g/mol. The molecule has 5 heteroatoms. The van der Waals surface area contributed by atoms with Gasteiger partial charge in [0.1, 0.15) is 5.75 Å². The van der Waals surface area contributed by atoms with Crippen LogP contribution in [0.25, 0.3) is 0 Å². The van der Waals surface area contributed by atoms with Gasteiger partial charge in [-0.25, -0.2) is 0 Å². The minimum Gasteiger partial charge on any atom is -0.435 e. The summed E-state index contributed by atoms with van der Waals surface area (Å²) in [5, 5.41) is 3.79. The van der Waals surface area contributed by atoms with E-state index in [0.717, 1.165) is 31.5 Å². The third-order valence-corrected chi connectivity index (χ3v) is 3.14. The second kappa shape index (κ2) is 5.65. The molecular weight excluding hydrogens is 248 g/mol. The molecule has 1 aromatic rings. The van der Waals surface area contributed by atoms with Crippen molar-refractivity contribution in [3.05, 3.63) is 28.8 Å². The summed E-state index contributed by atoms with van der Waals surface area (Å²) in [6.45, 7) is -0.895. The van der Waals surface area contributed by atoms with Gasteiger partial charge in [-0.1, -0.05) is 11.6 Å². The van der Waals surface area contributed by atoms with E-state index in [-0.39, 0.29) is 5.75 Å². The number of rotatable bonds is 4. The molecule has 0 bridgehead atoms. The van der Waals surface area contributed by atoms with Gasteiger partial charge in [-0.3, -0.25) is 0 Å². The number of benzene rings is 1. The lowest BCUT2D eigenvalue weighted by Gasteiger charge is -2.14. The van der Waals surface area contributed by atoms with E-state index in [1.54, 1.807) is 12.1 Å². The minimum absolute atomic E-state index is 0.233. The first kappa shape index (κ1) is 12.6. The number of ether oxygens (including phenoxy) is 1. The van der Waals surface area contributed by atoms with Gasteiger partial charge in [0, 0.05) is 5.02 Å². The predicted octanol–water partition coefficient (Wildman–Crippen LogP) is 3.09. The third kappa shape index (κ3) is 3.54. The molecule has 0 saturated carbocycles. The molecule has 94 valence electrons. The molecule has 2 rings (SSSR count). The number of hydrogen-bond acceptors (Lipinski definition) is 2. The van der Waals surface area contributed by atoms with Crippen molar-refractivity contribution in [2.75, 3.05) is 13.1 Å². The summed E-state index contributed by atoms with van der Waals surface area (Å²) in [5.74, 6) is 0.699. The largest absolute Gasteiger partial charge is 0.435 e. The average Bonchev–Trinajstić information content (AvgIpc) is 2.74. The molecule has 0 amide bonds. The molecule has 1 unspecified atom stereocenters. The molecule has 17 heavy (non-hydrogen) atoms. The van der Waals surface area contributed by atoms with E-state index < -0.39 is 6.61 Å². The van der Waals surface area contributed by atoms with Crippen LogP contribution in [0.1, 0.15) is 12.0 Å². The monoisotopic (exact) mass is 261 g/mol. The maximum atomic E-state index is 12.2. The number of alkyl halides is 2. The molecule has 2 nitrogen and oxygen atoms in total. The van der Waals surface area contributed by atoms with Crippen LogP contribution in [0, 0.1) is 5.92 Å². The lowest BCUT2D eigenvalue weighted by atomic mass is 9.98. The highest BCUT2D eigenvalue weighted by atomic mass is 35.5. The Kier molecular flexibility index (Phi) is 4.18. The summed E-state index contributed by atoms with van der Waals surface area (Å²) in [4.78, 5) is 0. The van der Waals surface area contributed by atoms with E-state index in [2.05, 4.69) is 10.1 Å². The Morgan fingerprint density at radius 3 is 2.94 bits per heavy atom. The molecule has 0 aliphatic carbocycles. The molecule has 1 atom stereocenters. The summed E-state index contributed by atoms with van der Waals surface area (Å²) in [6, 6.07) is 4.78. The van der Waals surface area contributed by atoms with Crippen LogP contribution in [-0.2, 0) is 6.42 Å². The van der Waals surface area contributed by atoms with E-state index in [1.165, 1.54) is 6.07 Å². The fourth-order valence-corrected chi connectivity index (χ4v) is 2.31. The van der Waals surface area contributed by atoms with E-state index in [0.29, 0.717) is 10.9 Å². The maximum absolute atomic E-state index is 12.2. The van der Waals surface area contributed by atoms with Gasteiger partial charge < -0.3 is 10.1 Å². The standard InChI is InChI=1S/C12H14ClF2NO/c13-10-1-2-11(17-12(14)15)9(6-10)5-8-3-4-16-7-8/h1-2,6,8,12,16H,3-5,7H2. The first-order valence-corrected chi connectivity index (χ1v) is 5.97. The summed E-state index contributed by atoms with van der Waals surface area (Å²) in [6.07, 6.45) is 1.77. The molecule has 1 saturated heterocycles. The van der Waals surface area contributed by atoms with Crippen LogP contribution in [-0.4, -0.2) is 19.7 Å². The lowest BCUT2D eigenvalue weighted by Crippen LogP contribution is -2.12. The number of halogens is 3. The van der Waals surface area contributed by atoms with Crippen molar-refractivity contribution in [2.24, 2.45) is 5.92 Å². The third-order valence-electron chi connectivity index (χ3n) is 2.91. The van der Waals surface area contributed by atoms with Gasteiger partial charge in [-0.2, -0.15) is 8.78 Å². The van der Waals surface area contributed by atoms with Crippen molar-refractivity contribution in [1.29, 1.82) is 0 Å². The molecular formula is C12H14ClF2NO. The van der Waals surface area contributed by atoms with Gasteiger partial charge in [0.2, 0.25) is 0 Å². The van der Waals surface area contributed by atoms with Gasteiger partial charge in [-0.05, 0) is 55.6 Å². The summed E-state index contributed by atoms with van der Waals surface area (Å²) in [5.41, 5.74) is 0.756. The summed E-state index contributed by atoms with van der Waals surface area (Å²) >= 11 is 5.88. The Hall–Kier alpha value is -0.870. The molecule has 1 heterocycles. The highest BCUT2D eigenvalue weighted by Gasteiger charge is 2.18. The van der Waals surface area contributed by atoms with Crippen LogP contribution >= 0.6 is 11.6 Å². The molecule has 0 aromatic heterocycles. The van der Waals surface area contributed by atoms with Gasteiger partial charge >= 0.3 is 6.61 Å². The SMILES string of the molecule is FC(F)Oc1ccc(Cl)cc1CC1CCNC1. The maximum Gasteiger partial charge on any atom is 0.387 e. The lowest BCUT2D eigenvalue weighted by molar-refractivity contribution is -0.0505. The number of hydrogen-bond donors (Lipinski definition) is 1. The minimum atomic E-state index is -2.79. The Balaban J connectivity index is 2.13. The molecule has 1 aromatic carbocycles. The van der Waals surface area contributed by atoms with Crippen molar-refractivity contribution < 1.29 is 13.5 Å². The normalized spacial score (nSPS) is 19.9. The molecule has 0 radical (unpaired) electrons. The van der Waals surface area contributed by atoms with Crippen molar-refractivity contribution in [2.45, 2.75) is 19.5 Å². The highest BCUT2D eigenvalue weighted by Crippen LogP contribution is 2.28. The van der Waals surface area contributed by atoms with Gasteiger partial charge in [-0.15, -0.1) is 0 Å². The van der Waals surface area contributed by atoms with Crippen LogP contribution in [0.4, 0.5) is 8.78 Å². The zero-order valence-corrected chi connectivity index (χ0v) is 10.0. The van der Waals surface area contributed by atoms with Crippen LogP contribution in [0.5, 0.6) is 5.75 Å². The molecule has 1 aliphatic heterocycles. The van der Waals surface area contributed by atoms with E-state index in [1.807, 2.05) is 0 Å². The fraction of sp³-hybridized carbons (Fsp3) is 0.500. The molecule has 0 spiro atoms. The molecule has 1 N–H and O–H groups in total. The van der Waals surface area contributed by atoms with Crippen LogP contribution in [0.2, 0.25) is 5.02 Å². The van der Waals surface area contributed by atoms with Crippen molar-refractivity contribution >= 4 is 11.6 Å². The van der Waals surface area contributed by atoms with Crippen LogP contribution in [0.3, 0.4) is 0 Å². The van der Waals surface area contributed by atoms with Crippen molar-refractivity contribution in [3.8, 4) is 5.75 Å². The summed E-state index contributed by atoms with van der Waals surface area (Å²) < 4.78 is 29.0. The zero-order chi connectivity index (χ0) is 12.3. The Morgan fingerprint density at radius 2 is 2.29 bits per heavy atom. The van der Waals surface area contributed by atoms with E-state index >= 15 is 0 Å². The first-order chi connectivity index (χ1) is 8.15. The Morgan fingerprint density at radius 1 is 1.47 bits per heavy atom. The fourth-order valence-electron chi connectivity index (χ4n) is 2.12. The second-order valence-electron chi connectivity index (χ2n) is 4.19. The van der Waals surface area contributed by atoms with Crippen molar-refractivity contribution in [1.82, 2.24) is 5.32 Å². The Labute approximate surface area is 104 Å².